The highest BCUT2D eigenvalue weighted by atomic mass is 31.2. The number of aromatic nitrogens is 1. The summed E-state index contributed by atoms with van der Waals surface area (Å²) in [6.45, 7) is 0. The summed E-state index contributed by atoms with van der Waals surface area (Å²) in [5.74, 6) is 0. The molecule has 82 valence electrons. The van der Waals surface area contributed by atoms with Crippen LogP contribution in [0.3, 0.4) is 0 Å². The number of nitro benzene ring substituents is 1. The first-order valence-electron chi connectivity index (χ1n) is 4.30. The molecule has 0 saturated heterocycles. The highest BCUT2D eigenvalue weighted by Crippen LogP contribution is 2.27. The van der Waals surface area contributed by atoms with Crippen molar-refractivity contribution in [2.75, 3.05) is 0 Å². The second kappa shape index (κ2) is 4.09. The van der Waals surface area contributed by atoms with Crippen molar-refractivity contribution in [2.24, 2.45) is 0 Å². The molecular weight excluding hydrogens is 231 g/mol. The first-order valence-corrected chi connectivity index (χ1v) is 5.55. The SMILES string of the molecule is O=[N+]([O-])c1cccc2cc(P(O)O)cnc12. The first kappa shape index (κ1) is 10.9. The molecule has 0 unspecified atom stereocenters. The lowest BCUT2D eigenvalue weighted by molar-refractivity contribution is -0.383. The zero-order valence-electron chi connectivity index (χ0n) is 7.94. The lowest BCUT2D eigenvalue weighted by Gasteiger charge is -2.03. The van der Waals surface area contributed by atoms with Crippen LogP contribution in [-0.4, -0.2) is 19.7 Å². The molecule has 2 rings (SSSR count). The summed E-state index contributed by atoms with van der Waals surface area (Å²) in [4.78, 5) is 32.1. The van der Waals surface area contributed by atoms with Crippen molar-refractivity contribution in [1.82, 2.24) is 4.98 Å². The Hall–Kier alpha value is -1.62. The summed E-state index contributed by atoms with van der Waals surface area (Å²) in [5, 5.41) is 11.5. The lowest BCUT2D eigenvalue weighted by atomic mass is 10.2. The number of nitro groups is 1. The molecule has 0 bridgehead atoms. The fraction of sp³-hybridized carbons (Fsp3) is 0. The second-order valence-corrected chi connectivity index (χ2v) is 4.18. The zero-order chi connectivity index (χ0) is 11.7. The number of hydrogen-bond donors (Lipinski definition) is 2. The maximum Gasteiger partial charge on any atom is 0.295 e. The van der Waals surface area contributed by atoms with E-state index in [0.717, 1.165) is 0 Å². The van der Waals surface area contributed by atoms with Crippen molar-refractivity contribution in [1.29, 1.82) is 0 Å². The van der Waals surface area contributed by atoms with Gasteiger partial charge in [0.15, 0.2) is 0 Å². The van der Waals surface area contributed by atoms with Gasteiger partial charge >= 0.3 is 0 Å². The van der Waals surface area contributed by atoms with Crippen LogP contribution < -0.4 is 5.30 Å². The summed E-state index contributed by atoms with van der Waals surface area (Å²) in [6.07, 6.45) is 1.24. The Morgan fingerprint density at radius 2 is 2.12 bits per heavy atom. The molecule has 0 spiro atoms. The predicted octanol–water partition coefficient (Wildman–Crippen LogP) is 1.06. The third-order valence-corrected chi connectivity index (χ3v) is 2.81. The number of hydrogen-bond acceptors (Lipinski definition) is 5. The van der Waals surface area contributed by atoms with Crippen LogP contribution in [0.1, 0.15) is 0 Å². The van der Waals surface area contributed by atoms with Crippen molar-refractivity contribution in [3.8, 4) is 0 Å². The molecule has 2 aromatic rings. The molecule has 7 heteroatoms. The van der Waals surface area contributed by atoms with E-state index in [2.05, 4.69) is 4.98 Å². The standard InChI is InChI=1S/C9H7N2O4P/c12-11(13)8-3-1-2-6-4-7(16(14)15)5-10-9(6)8/h1-5,14-15H. The maximum absolute atomic E-state index is 10.7. The van der Waals surface area contributed by atoms with Crippen molar-refractivity contribution >= 4 is 30.3 Å². The highest BCUT2D eigenvalue weighted by Gasteiger charge is 2.14. The number of non-ortho nitro benzene ring substituents is 1. The van der Waals surface area contributed by atoms with E-state index in [0.29, 0.717) is 5.39 Å². The molecule has 6 nitrogen and oxygen atoms in total. The number of para-hydroxylation sites is 1. The number of benzene rings is 1. The first-order chi connectivity index (χ1) is 7.59. The van der Waals surface area contributed by atoms with Crippen molar-refractivity contribution in [3.63, 3.8) is 0 Å². The van der Waals surface area contributed by atoms with E-state index in [-0.39, 0.29) is 16.5 Å². The molecule has 2 N–H and O–H groups in total. The average molecular weight is 238 g/mol. The van der Waals surface area contributed by atoms with Gasteiger partial charge in [-0.05, 0) is 6.07 Å². The summed E-state index contributed by atoms with van der Waals surface area (Å²) >= 11 is 0. The van der Waals surface area contributed by atoms with Crippen LogP contribution >= 0.6 is 8.38 Å². The quantitative estimate of drug-likeness (QED) is 0.463. The fourth-order valence-electron chi connectivity index (χ4n) is 1.39. The lowest BCUT2D eigenvalue weighted by Crippen LogP contribution is -2.02. The van der Waals surface area contributed by atoms with Gasteiger partial charge in [-0.15, -0.1) is 0 Å². The summed E-state index contributed by atoms with van der Waals surface area (Å²) in [5.41, 5.74) is 0.150. The van der Waals surface area contributed by atoms with E-state index in [9.17, 15) is 10.1 Å². The molecule has 16 heavy (non-hydrogen) atoms. The van der Waals surface area contributed by atoms with Crippen LogP contribution in [0.25, 0.3) is 10.9 Å². The van der Waals surface area contributed by atoms with Crippen LogP contribution in [0.15, 0.2) is 30.5 Å². The molecule has 0 fully saturated rings. The highest BCUT2D eigenvalue weighted by molar-refractivity contribution is 7.54. The van der Waals surface area contributed by atoms with Crippen molar-refractivity contribution in [3.05, 3.63) is 40.6 Å². The number of rotatable bonds is 2. The Balaban J connectivity index is 2.69. The normalized spacial score (nSPS) is 10.9. The fourth-order valence-corrected chi connectivity index (χ4v) is 1.81. The molecule has 0 aliphatic carbocycles. The number of nitrogens with zero attached hydrogens (tertiary/aromatic N) is 2. The largest absolute Gasteiger partial charge is 0.347 e. The minimum absolute atomic E-state index is 0.0933. The van der Waals surface area contributed by atoms with E-state index < -0.39 is 13.3 Å². The molecule has 1 aromatic carbocycles. The molecule has 0 aliphatic heterocycles. The van der Waals surface area contributed by atoms with Gasteiger partial charge in [0.05, 0.1) is 4.92 Å². The molecule has 0 saturated carbocycles. The summed E-state index contributed by atoms with van der Waals surface area (Å²) in [6, 6.07) is 6.01. The Kier molecular flexibility index (Phi) is 2.78. The van der Waals surface area contributed by atoms with Gasteiger partial charge < -0.3 is 9.79 Å². The van der Waals surface area contributed by atoms with E-state index in [1.807, 2.05) is 0 Å². The molecule has 0 radical (unpaired) electrons. The van der Waals surface area contributed by atoms with Gasteiger partial charge in [0.2, 0.25) is 8.38 Å². The molecule has 0 aliphatic rings. The third kappa shape index (κ3) is 1.86. The van der Waals surface area contributed by atoms with Crippen LogP contribution in [0.5, 0.6) is 0 Å². The smallest absolute Gasteiger partial charge is 0.295 e. The van der Waals surface area contributed by atoms with Gasteiger partial charge in [-0.2, -0.15) is 0 Å². The molecule has 1 aromatic heterocycles. The van der Waals surface area contributed by atoms with E-state index in [1.54, 1.807) is 6.07 Å². The van der Waals surface area contributed by atoms with Crippen LogP contribution in [-0.2, 0) is 0 Å². The average Bonchev–Trinajstić information content (AvgIpc) is 2.27. The molecule has 1 heterocycles. The Labute approximate surface area is 91.2 Å². The van der Waals surface area contributed by atoms with E-state index in [4.69, 9.17) is 9.79 Å². The third-order valence-electron chi connectivity index (χ3n) is 2.10. The van der Waals surface area contributed by atoms with Crippen molar-refractivity contribution < 1.29 is 14.7 Å². The Morgan fingerprint density at radius 1 is 1.38 bits per heavy atom. The van der Waals surface area contributed by atoms with E-state index in [1.165, 1.54) is 24.4 Å². The Morgan fingerprint density at radius 3 is 2.75 bits per heavy atom. The summed E-state index contributed by atoms with van der Waals surface area (Å²) in [7, 11) is -2.23. The van der Waals surface area contributed by atoms with E-state index >= 15 is 0 Å². The van der Waals surface area contributed by atoms with Gasteiger partial charge in [-0.1, -0.05) is 12.1 Å². The monoisotopic (exact) mass is 238 g/mol. The maximum atomic E-state index is 10.7. The van der Waals surface area contributed by atoms with Gasteiger partial charge in [-0.3, -0.25) is 10.1 Å². The van der Waals surface area contributed by atoms with Crippen molar-refractivity contribution in [2.45, 2.75) is 0 Å². The number of fused-ring (bicyclic) bond motifs is 1. The van der Waals surface area contributed by atoms with Gasteiger partial charge in [0, 0.05) is 23.0 Å². The molecule has 0 atom stereocenters. The second-order valence-electron chi connectivity index (χ2n) is 3.09. The number of pyridine rings is 1. The van der Waals surface area contributed by atoms with Gasteiger partial charge in [0.1, 0.15) is 5.52 Å². The predicted molar refractivity (Wildman–Crippen MR) is 59.4 cm³/mol. The van der Waals surface area contributed by atoms with Crippen LogP contribution in [0.2, 0.25) is 0 Å². The van der Waals surface area contributed by atoms with Gasteiger partial charge in [0.25, 0.3) is 5.69 Å². The minimum atomic E-state index is -2.23. The minimum Gasteiger partial charge on any atom is -0.347 e. The van der Waals surface area contributed by atoms with Crippen LogP contribution in [0.4, 0.5) is 5.69 Å². The van der Waals surface area contributed by atoms with Gasteiger partial charge in [-0.25, -0.2) is 4.98 Å². The zero-order valence-corrected chi connectivity index (χ0v) is 8.83. The molecular formula is C9H7N2O4P. The topological polar surface area (TPSA) is 96.5 Å². The molecule has 0 amide bonds. The summed E-state index contributed by atoms with van der Waals surface area (Å²) < 4.78 is 0. The Bertz CT molecular complexity index is 558. The van der Waals surface area contributed by atoms with Crippen LogP contribution in [0, 0.1) is 10.1 Å².